The SMILES string of the molecule is CC1(CC(=O)N/N=C\c2cc([N+](=O)[O-])cc(Br)c2O)OCCO1. The van der Waals surface area contributed by atoms with Gasteiger partial charge in [0.15, 0.2) is 5.79 Å². The van der Waals surface area contributed by atoms with E-state index in [9.17, 15) is 20.0 Å². The number of ether oxygens (including phenoxy) is 2. The highest BCUT2D eigenvalue weighted by atomic mass is 79.9. The van der Waals surface area contributed by atoms with Crippen molar-refractivity contribution in [2.45, 2.75) is 19.1 Å². The average Bonchev–Trinajstić information content (AvgIpc) is 2.89. The van der Waals surface area contributed by atoms with Gasteiger partial charge in [0.2, 0.25) is 5.91 Å². The maximum atomic E-state index is 11.8. The molecule has 1 aromatic carbocycles. The molecular weight excluding hydrogens is 374 g/mol. The zero-order chi connectivity index (χ0) is 17.0. The predicted molar refractivity (Wildman–Crippen MR) is 83.1 cm³/mol. The van der Waals surface area contributed by atoms with Gasteiger partial charge in [-0.2, -0.15) is 5.10 Å². The number of rotatable bonds is 5. The molecular formula is C13H14BrN3O6. The van der Waals surface area contributed by atoms with Crippen LogP contribution in [0.3, 0.4) is 0 Å². The maximum absolute atomic E-state index is 11.8. The van der Waals surface area contributed by atoms with Crippen LogP contribution in [0.5, 0.6) is 5.75 Å². The number of non-ortho nitro benzene ring substituents is 1. The lowest BCUT2D eigenvalue weighted by Gasteiger charge is -2.20. The van der Waals surface area contributed by atoms with Crippen LogP contribution in [0.25, 0.3) is 0 Å². The molecule has 2 N–H and O–H groups in total. The summed E-state index contributed by atoms with van der Waals surface area (Å²) in [4.78, 5) is 21.9. The van der Waals surface area contributed by atoms with Gasteiger partial charge in [0.1, 0.15) is 5.75 Å². The molecule has 23 heavy (non-hydrogen) atoms. The molecule has 0 unspecified atom stereocenters. The topological polar surface area (TPSA) is 123 Å². The number of phenols is 1. The molecule has 1 heterocycles. The van der Waals surface area contributed by atoms with Gasteiger partial charge in [-0.1, -0.05) is 0 Å². The molecule has 10 heteroatoms. The van der Waals surface area contributed by atoms with Crippen LogP contribution in [0.2, 0.25) is 0 Å². The number of carbonyl (C=O) groups excluding carboxylic acids is 1. The Morgan fingerprint density at radius 2 is 2.22 bits per heavy atom. The number of carbonyl (C=O) groups is 1. The van der Waals surface area contributed by atoms with Gasteiger partial charge in [-0.3, -0.25) is 14.9 Å². The molecule has 0 saturated carbocycles. The first-order valence-electron chi connectivity index (χ1n) is 6.57. The first-order chi connectivity index (χ1) is 10.8. The molecule has 9 nitrogen and oxygen atoms in total. The zero-order valence-corrected chi connectivity index (χ0v) is 13.7. The Labute approximate surface area is 139 Å². The molecule has 1 amide bonds. The van der Waals surface area contributed by atoms with Gasteiger partial charge in [-0.15, -0.1) is 0 Å². The van der Waals surface area contributed by atoms with Gasteiger partial charge in [-0.05, 0) is 22.9 Å². The number of aromatic hydroxyl groups is 1. The predicted octanol–water partition coefficient (Wildman–Crippen LogP) is 1.67. The summed E-state index contributed by atoms with van der Waals surface area (Å²) in [5, 5.41) is 24.3. The quantitative estimate of drug-likeness (QED) is 0.449. The highest BCUT2D eigenvalue weighted by Gasteiger charge is 2.33. The van der Waals surface area contributed by atoms with Crippen LogP contribution in [0.4, 0.5) is 5.69 Å². The van der Waals surface area contributed by atoms with Gasteiger partial charge < -0.3 is 14.6 Å². The zero-order valence-electron chi connectivity index (χ0n) is 12.1. The van der Waals surface area contributed by atoms with Crippen LogP contribution in [-0.4, -0.2) is 41.2 Å². The number of phenolic OH excluding ortho intramolecular Hbond substituents is 1. The van der Waals surface area contributed by atoms with Crippen molar-refractivity contribution in [1.29, 1.82) is 0 Å². The Balaban J connectivity index is 2.02. The fraction of sp³-hybridized carbons (Fsp3) is 0.385. The molecule has 0 atom stereocenters. The van der Waals surface area contributed by atoms with Crippen molar-refractivity contribution in [3.8, 4) is 5.75 Å². The summed E-state index contributed by atoms with van der Waals surface area (Å²) in [6.07, 6.45) is 1.07. The van der Waals surface area contributed by atoms with E-state index in [1.165, 1.54) is 6.07 Å². The van der Waals surface area contributed by atoms with Crippen molar-refractivity contribution in [2.75, 3.05) is 13.2 Å². The number of amides is 1. The van der Waals surface area contributed by atoms with Crippen molar-refractivity contribution < 1.29 is 24.3 Å². The molecule has 0 bridgehead atoms. The number of hydrazone groups is 1. The van der Waals surface area contributed by atoms with Crippen LogP contribution >= 0.6 is 15.9 Å². The number of hydrogen-bond donors (Lipinski definition) is 2. The lowest BCUT2D eigenvalue weighted by atomic mass is 10.2. The first-order valence-corrected chi connectivity index (χ1v) is 7.37. The van der Waals surface area contributed by atoms with E-state index < -0.39 is 16.6 Å². The normalized spacial score (nSPS) is 16.6. The van der Waals surface area contributed by atoms with E-state index in [0.29, 0.717) is 13.2 Å². The molecule has 1 fully saturated rings. The summed E-state index contributed by atoms with van der Waals surface area (Å²) in [5.41, 5.74) is 2.12. The number of nitro groups is 1. The van der Waals surface area contributed by atoms with Crippen molar-refractivity contribution >= 4 is 33.7 Å². The molecule has 2 rings (SSSR count). The summed E-state index contributed by atoms with van der Waals surface area (Å²) in [6.45, 7) is 2.48. The Morgan fingerprint density at radius 3 is 2.83 bits per heavy atom. The molecule has 1 saturated heterocycles. The fourth-order valence-electron chi connectivity index (χ4n) is 1.97. The van der Waals surface area contributed by atoms with E-state index in [4.69, 9.17) is 9.47 Å². The van der Waals surface area contributed by atoms with Crippen LogP contribution in [0.1, 0.15) is 18.9 Å². The largest absolute Gasteiger partial charge is 0.506 e. The number of nitro benzene ring substituents is 1. The molecule has 0 radical (unpaired) electrons. The number of nitrogens with zero attached hydrogens (tertiary/aromatic N) is 2. The first kappa shape index (κ1) is 17.3. The second kappa shape index (κ2) is 7.02. The van der Waals surface area contributed by atoms with Crippen LogP contribution < -0.4 is 5.43 Å². The third-order valence-electron chi connectivity index (χ3n) is 3.06. The summed E-state index contributed by atoms with van der Waals surface area (Å²) in [7, 11) is 0. The van der Waals surface area contributed by atoms with Gasteiger partial charge in [-0.25, -0.2) is 5.43 Å². The maximum Gasteiger partial charge on any atom is 0.271 e. The molecule has 1 aliphatic rings. The number of halogens is 1. The molecule has 124 valence electrons. The van der Waals surface area contributed by atoms with E-state index in [0.717, 1.165) is 12.3 Å². The molecule has 1 aromatic rings. The second-order valence-corrected chi connectivity index (χ2v) is 5.78. The molecule has 0 aromatic heterocycles. The summed E-state index contributed by atoms with van der Waals surface area (Å²) in [6, 6.07) is 2.31. The van der Waals surface area contributed by atoms with E-state index in [1.54, 1.807) is 6.92 Å². The molecule has 1 aliphatic heterocycles. The standard InChI is InChI=1S/C13H14BrN3O6/c1-13(22-2-3-23-13)6-11(18)16-15-7-8-4-9(17(20)21)5-10(14)12(8)19/h4-5,7,19H,2-3,6H2,1H3,(H,16,18)/b15-7-. The lowest BCUT2D eigenvalue weighted by Crippen LogP contribution is -2.33. The van der Waals surface area contributed by atoms with E-state index in [-0.39, 0.29) is 27.9 Å². The number of benzene rings is 1. The number of nitrogens with one attached hydrogen (secondary N) is 1. The van der Waals surface area contributed by atoms with E-state index >= 15 is 0 Å². The van der Waals surface area contributed by atoms with Crippen molar-refractivity contribution in [1.82, 2.24) is 5.43 Å². The molecule has 0 spiro atoms. The van der Waals surface area contributed by atoms with Crippen LogP contribution in [0, 0.1) is 10.1 Å². The van der Waals surface area contributed by atoms with Gasteiger partial charge >= 0.3 is 0 Å². The van der Waals surface area contributed by atoms with Crippen LogP contribution in [0.15, 0.2) is 21.7 Å². The number of hydrogen-bond acceptors (Lipinski definition) is 7. The smallest absolute Gasteiger partial charge is 0.271 e. The third kappa shape index (κ3) is 4.47. The van der Waals surface area contributed by atoms with E-state index in [1.807, 2.05) is 0 Å². The Bertz CT molecular complexity index is 657. The Hall–Kier alpha value is -2.04. The van der Waals surface area contributed by atoms with Gasteiger partial charge in [0.25, 0.3) is 5.69 Å². The molecule has 0 aliphatic carbocycles. The minimum absolute atomic E-state index is 0.0467. The van der Waals surface area contributed by atoms with Gasteiger partial charge in [0.05, 0.1) is 35.2 Å². The van der Waals surface area contributed by atoms with Crippen LogP contribution in [-0.2, 0) is 14.3 Å². The van der Waals surface area contributed by atoms with Crippen molar-refractivity contribution in [3.63, 3.8) is 0 Å². The summed E-state index contributed by atoms with van der Waals surface area (Å²) < 4.78 is 10.7. The highest BCUT2D eigenvalue weighted by Crippen LogP contribution is 2.31. The fourth-order valence-corrected chi connectivity index (χ4v) is 2.44. The minimum Gasteiger partial charge on any atom is -0.506 e. The summed E-state index contributed by atoms with van der Waals surface area (Å²) in [5.74, 6) is -1.64. The second-order valence-electron chi connectivity index (χ2n) is 4.92. The van der Waals surface area contributed by atoms with Crippen molar-refractivity contribution in [3.05, 3.63) is 32.3 Å². The van der Waals surface area contributed by atoms with Gasteiger partial charge in [0, 0.05) is 17.7 Å². The Kier molecular flexibility index (Phi) is 5.29. The monoisotopic (exact) mass is 387 g/mol. The average molecular weight is 388 g/mol. The highest BCUT2D eigenvalue weighted by molar-refractivity contribution is 9.10. The Morgan fingerprint density at radius 1 is 1.57 bits per heavy atom. The summed E-state index contributed by atoms with van der Waals surface area (Å²) >= 11 is 3.01. The van der Waals surface area contributed by atoms with Crippen molar-refractivity contribution in [2.24, 2.45) is 5.10 Å². The lowest BCUT2D eigenvalue weighted by molar-refractivity contribution is -0.385. The van der Waals surface area contributed by atoms with E-state index in [2.05, 4.69) is 26.5 Å². The minimum atomic E-state index is -0.976. The third-order valence-corrected chi connectivity index (χ3v) is 3.67.